The highest BCUT2D eigenvalue weighted by Crippen LogP contribution is 2.29. The van der Waals surface area contributed by atoms with E-state index in [-0.39, 0.29) is 5.91 Å². The van der Waals surface area contributed by atoms with Crippen LogP contribution in [0.2, 0.25) is 0 Å². The molecule has 0 atom stereocenters. The zero-order valence-electron chi connectivity index (χ0n) is 16.2. The molecule has 1 rings (SSSR count). The number of carbonyl (C=O) groups excluding carboxylic acids is 2. The summed E-state index contributed by atoms with van der Waals surface area (Å²) < 4.78 is 10.3. The lowest BCUT2D eigenvalue weighted by atomic mass is 10.1. The highest BCUT2D eigenvalue weighted by Gasteiger charge is 2.10. The van der Waals surface area contributed by atoms with E-state index in [2.05, 4.69) is 17.6 Å². The smallest absolute Gasteiger partial charge is 0.325 e. The van der Waals surface area contributed by atoms with Crippen LogP contribution in [-0.4, -0.2) is 26.2 Å². The second kappa shape index (κ2) is 13.0. The van der Waals surface area contributed by atoms with Gasteiger partial charge in [0.25, 0.3) is 0 Å². The molecule has 0 bridgehead atoms. The number of urea groups is 1. The van der Waals surface area contributed by atoms with Crippen LogP contribution in [-0.2, 0) is 4.79 Å². The number of ether oxygens (including phenoxy) is 2. The van der Waals surface area contributed by atoms with Crippen molar-refractivity contribution in [2.75, 3.05) is 19.5 Å². The number of methoxy groups -OCH3 is 2. The van der Waals surface area contributed by atoms with Crippen molar-refractivity contribution in [3.8, 4) is 11.5 Å². The van der Waals surface area contributed by atoms with Crippen molar-refractivity contribution in [3.63, 3.8) is 0 Å². The molecule has 0 aliphatic rings. The van der Waals surface area contributed by atoms with Crippen LogP contribution in [0.1, 0.15) is 64.7 Å². The molecule has 0 aliphatic carbocycles. The zero-order valence-corrected chi connectivity index (χ0v) is 16.2. The lowest BCUT2D eigenvalue weighted by molar-refractivity contribution is -0.120. The fraction of sp³-hybridized carbons (Fsp3) is 0.600. The molecule has 0 saturated heterocycles. The number of nitrogens with one attached hydrogen (secondary N) is 2. The Morgan fingerprint density at radius 2 is 1.50 bits per heavy atom. The number of anilines is 1. The summed E-state index contributed by atoms with van der Waals surface area (Å²) in [5.41, 5.74) is 0.528. The van der Waals surface area contributed by atoms with E-state index in [9.17, 15) is 9.59 Å². The number of rotatable bonds is 12. The zero-order chi connectivity index (χ0) is 19.2. The first-order valence-corrected chi connectivity index (χ1v) is 9.43. The molecular weight excluding hydrogens is 332 g/mol. The average Bonchev–Trinajstić information content (AvgIpc) is 2.63. The summed E-state index contributed by atoms with van der Waals surface area (Å²) in [6.07, 6.45) is 9.70. The second-order valence-corrected chi connectivity index (χ2v) is 6.30. The lowest BCUT2D eigenvalue weighted by Gasteiger charge is -2.11. The van der Waals surface area contributed by atoms with E-state index in [0.717, 1.165) is 19.3 Å². The Balaban J connectivity index is 2.23. The van der Waals surface area contributed by atoms with E-state index in [1.807, 2.05) is 0 Å². The van der Waals surface area contributed by atoms with Gasteiger partial charge in [0.1, 0.15) is 0 Å². The van der Waals surface area contributed by atoms with Gasteiger partial charge in [-0.1, -0.05) is 51.9 Å². The first kappa shape index (κ1) is 21.8. The minimum absolute atomic E-state index is 0.256. The van der Waals surface area contributed by atoms with Gasteiger partial charge in [-0.15, -0.1) is 0 Å². The molecule has 26 heavy (non-hydrogen) atoms. The fourth-order valence-electron chi connectivity index (χ4n) is 2.68. The minimum atomic E-state index is -0.540. The van der Waals surface area contributed by atoms with Crippen LogP contribution in [0.15, 0.2) is 18.2 Å². The molecule has 0 fully saturated rings. The molecule has 1 aromatic carbocycles. The van der Waals surface area contributed by atoms with Crippen LogP contribution >= 0.6 is 0 Å². The van der Waals surface area contributed by atoms with Crippen LogP contribution in [0, 0.1) is 0 Å². The van der Waals surface area contributed by atoms with Crippen LogP contribution in [0.5, 0.6) is 11.5 Å². The van der Waals surface area contributed by atoms with Gasteiger partial charge in [0.2, 0.25) is 5.91 Å². The van der Waals surface area contributed by atoms with Crippen LogP contribution in [0.4, 0.5) is 10.5 Å². The van der Waals surface area contributed by atoms with Gasteiger partial charge < -0.3 is 14.8 Å². The second-order valence-electron chi connectivity index (χ2n) is 6.30. The number of amides is 3. The van der Waals surface area contributed by atoms with Gasteiger partial charge in [0.05, 0.1) is 14.2 Å². The number of benzene rings is 1. The van der Waals surface area contributed by atoms with E-state index in [0.29, 0.717) is 23.6 Å². The van der Waals surface area contributed by atoms with Gasteiger partial charge in [0.15, 0.2) is 11.5 Å². The number of imide groups is 1. The molecule has 1 aromatic rings. The Bertz CT molecular complexity index is 561. The largest absolute Gasteiger partial charge is 0.493 e. The molecule has 146 valence electrons. The van der Waals surface area contributed by atoms with Gasteiger partial charge in [-0.05, 0) is 18.6 Å². The predicted octanol–water partition coefficient (Wildman–Crippen LogP) is 4.88. The van der Waals surface area contributed by atoms with Crippen molar-refractivity contribution in [2.24, 2.45) is 0 Å². The number of hydrogen-bond acceptors (Lipinski definition) is 4. The topological polar surface area (TPSA) is 76.7 Å². The van der Waals surface area contributed by atoms with Crippen molar-refractivity contribution >= 4 is 17.6 Å². The lowest BCUT2D eigenvalue weighted by Crippen LogP contribution is -2.34. The van der Waals surface area contributed by atoms with E-state index < -0.39 is 6.03 Å². The molecule has 0 unspecified atom stereocenters. The third-order valence-electron chi connectivity index (χ3n) is 4.15. The van der Waals surface area contributed by atoms with Gasteiger partial charge in [-0.2, -0.15) is 0 Å². The summed E-state index contributed by atoms with van der Waals surface area (Å²) in [5, 5.41) is 4.97. The van der Waals surface area contributed by atoms with Gasteiger partial charge in [-0.3, -0.25) is 10.1 Å². The third kappa shape index (κ3) is 8.74. The van der Waals surface area contributed by atoms with E-state index in [1.165, 1.54) is 39.2 Å². The molecule has 0 aromatic heterocycles. The normalized spacial score (nSPS) is 10.3. The number of carbonyl (C=O) groups is 2. The van der Waals surface area contributed by atoms with E-state index in [4.69, 9.17) is 9.47 Å². The maximum absolute atomic E-state index is 11.9. The number of hydrogen-bond donors (Lipinski definition) is 2. The molecular formula is C20H32N2O4. The third-order valence-corrected chi connectivity index (χ3v) is 4.15. The summed E-state index contributed by atoms with van der Waals surface area (Å²) in [6.45, 7) is 2.21. The Hall–Kier alpha value is -2.24. The van der Waals surface area contributed by atoms with Crippen LogP contribution < -0.4 is 20.1 Å². The molecule has 2 N–H and O–H groups in total. The molecule has 0 radical (unpaired) electrons. The highest BCUT2D eigenvalue weighted by molar-refractivity contribution is 6.01. The van der Waals surface area contributed by atoms with Crippen molar-refractivity contribution in [1.29, 1.82) is 0 Å². The van der Waals surface area contributed by atoms with Crippen molar-refractivity contribution in [3.05, 3.63) is 18.2 Å². The Morgan fingerprint density at radius 1 is 0.885 bits per heavy atom. The van der Waals surface area contributed by atoms with Crippen molar-refractivity contribution in [1.82, 2.24) is 5.32 Å². The average molecular weight is 364 g/mol. The SMILES string of the molecule is CCCCCCCCCCC(=O)NC(=O)Nc1ccc(OC)c(OC)c1. The molecule has 0 saturated carbocycles. The Labute approximate surface area is 156 Å². The maximum Gasteiger partial charge on any atom is 0.325 e. The molecule has 0 heterocycles. The van der Waals surface area contributed by atoms with Crippen LogP contribution in [0.3, 0.4) is 0 Å². The molecule has 0 spiro atoms. The van der Waals surface area contributed by atoms with Crippen LogP contribution in [0.25, 0.3) is 0 Å². The monoisotopic (exact) mass is 364 g/mol. The first-order valence-electron chi connectivity index (χ1n) is 9.43. The first-order chi connectivity index (χ1) is 12.6. The van der Waals surface area contributed by atoms with Crippen molar-refractivity contribution < 1.29 is 19.1 Å². The Morgan fingerprint density at radius 3 is 2.12 bits per heavy atom. The summed E-state index contributed by atoms with van der Waals surface area (Å²) in [6, 6.07) is 4.48. The summed E-state index contributed by atoms with van der Waals surface area (Å²) >= 11 is 0. The van der Waals surface area contributed by atoms with Gasteiger partial charge >= 0.3 is 6.03 Å². The predicted molar refractivity (Wildman–Crippen MR) is 104 cm³/mol. The molecule has 6 nitrogen and oxygen atoms in total. The summed E-state index contributed by atoms with van der Waals surface area (Å²) in [7, 11) is 3.07. The molecule has 0 aliphatic heterocycles. The standard InChI is InChI=1S/C20H32N2O4/c1-4-5-6-7-8-9-10-11-12-19(23)22-20(24)21-16-13-14-17(25-2)18(15-16)26-3/h13-15H,4-12H2,1-3H3,(H2,21,22,23,24). The molecule has 6 heteroatoms. The minimum Gasteiger partial charge on any atom is -0.493 e. The molecule has 3 amide bonds. The van der Waals surface area contributed by atoms with E-state index >= 15 is 0 Å². The summed E-state index contributed by atoms with van der Waals surface area (Å²) in [5.74, 6) is 0.828. The fourth-order valence-corrected chi connectivity index (χ4v) is 2.68. The maximum atomic E-state index is 11.9. The van der Waals surface area contributed by atoms with Gasteiger partial charge in [-0.25, -0.2) is 4.79 Å². The quantitative estimate of drug-likeness (QED) is 0.518. The Kier molecular flexibility index (Phi) is 10.9. The van der Waals surface area contributed by atoms with E-state index in [1.54, 1.807) is 25.3 Å². The summed E-state index contributed by atoms with van der Waals surface area (Å²) in [4.78, 5) is 23.7. The van der Waals surface area contributed by atoms with Crippen molar-refractivity contribution in [2.45, 2.75) is 64.7 Å². The number of unbranched alkanes of at least 4 members (excludes halogenated alkanes) is 7. The van der Waals surface area contributed by atoms with Gasteiger partial charge in [0, 0.05) is 18.2 Å². The highest BCUT2D eigenvalue weighted by atomic mass is 16.5.